The summed E-state index contributed by atoms with van der Waals surface area (Å²) in [6, 6.07) is 11.7. The molecule has 0 aliphatic heterocycles. The molecule has 3 rings (SSSR count). The highest BCUT2D eigenvalue weighted by Crippen LogP contribution is 2.28. The van der Waals surface area contributed by atoms with E-state index in [4.69, 9.17) is 0 Å². The van der Waals surface area contributed by atoms with Gasteiger partial charge in [0.25, 0.3) is 0 Å². The Bertz CT molecular complexity index is 883. The Labute approximate surface area is 136 Å². The van der Waals surface area contributed by atoms with Crippen molar-refractivity contribution < 1.29 is 16.8 Å². The van der Waals surface area contributed by atoms with Crippen LogP contribution < -0.4 is 0 Å². The van der Waals surface area contributed by atoms with Gasteiger partial charge in [-0.2, -0.15) is 0 Å². The van der Waals surface area contributed by atoms with Crippen molar-refractivity contribution in [1.82, 2.24) is 0 Å². The van der Waals surface area contributed by atoms with Crippen LogP contribution in [0.3, 0.4) is 0 Å². The molecule has 0 saturated carbocycles. The maximum atomic E-state index is 12.3. The van der Waals surface area contributed by atoms with E-state index in [1.807, 2.05) is 0 Å². The SMILES string of the molecule is O=S(=O)(c1ccc(S(=O)(=O)c2cccs2)cc1)c1cccs1. The Hall–Kier alpha value is -1.48. The minimum absolute atomic E-state index is 0.0834. The van der Waals surface area contributed by atoms with Gasteiger partial charge in [0.1, 0.15) is 8.42 Å². The van der Waals surface area contributed by atoms with E-state index in [2.05, 4.69) is 0 Å². The summed E-state index contributed by atoms with van der Waals surface area (Å²) in [5, 5.41) is 3.37. The van der Waals surface area contributed by atoms with Crippen LogP contribution in [0.5, 0.6) is 0 Å². The van der Waals surface area contributed by atoms with E-state index in [9.17, 15) is 16.8 Å². The van der Waals surface area contributed by atoms with E-state index in [0.29, 0.717) is 0 Å². The van der Waals surface area contributed by atoms with E-state index in [0.717, 1.165) is 22.7 Å². The maximum Gasteiger partial charge on any atom is 0.215 e. The predicted molar refractivity (Wildman–Crippen MR) is 86.0 cm³/mol. The molecule has 0 atom stereocenters. The van der Waals surface area contributed by atoms with Crippen molar-refractivity contribution in [2.45, 2.75) is 18.2 Å². The topological polar surface area (TPSA) is 68.3 Å². The summed E-state index contributed by atoms with van der Waals surface area (Å²) >= 11 is 2.26. The lowest BCUT2D eigenvalue weighted by molar-refractivity contribution is 0.594. The van der Waals surface area contributed by atoms with E-state index >= 15 is 0 Å². The predicted octanol–water partition coefficient (Wildman–Crippen LogP) is 3.48. The van der Waals surface area contributed by atoms with Crippen LogP contribution in [0.15, 0.2) is 77.5 Å². The second-order valence-corrected chi connectivity index (χ2v) is 10.6. The van der Waals surface area contributed by atoms with E-state index in [1.54, 1.807) is 22.9 Å². The molecular weight excluding hydrogens is 360 g/mol. The Balaban J connectivity index is 2.01. The van der Waals surface area contributed by atoms with Crippen LogP contribution in [0.4, 0.5) is 0 Å². The van der Waals surface area contributed by atoms with Crippen molar-refractivity contribution in [3.63, 3.8) is 0 Å². The van der Waals surface area contributed by atoms with Crippen molar-refractivity contribution in [3.05, 3.63) is 59.3 Å². The number of sulfone groups is 2. The Morgan fingerprint density at radius 3 is 1.23 bits per heavy atom. The normalized spacial score (nSPS) is 12.4. The van der Waals surface area contributed by atoms with Gasteiger partial charge in [-0.1, -0.05) is 12.1 Å². The second-order valence-electron chi connectivity index (χ2n) is 4.34. The molecule has 0 unspecified atom stereocenters. The van der Waals surface area contributed by atoms with Crippen molar-refractivity contribution in [2.24, 2.45) is 0 Å². The van der Waals surface area contributed by atoms with Crippen LogP contribution in [-0.2, 0) is 19.7 Å². The fourth-order valence-electron chi connectivity index (χ4n) is 1.86. The van der Waals surface area contributed by atoms with Crippen LogP contribution >= 0.6 is 22.7 Å². The number of hydrogen-bond acceptors (Lipinski definition) is 6. The highest BCUT2D eigenvalue weighted by Gasteiger charge is 2.22. The van der Waals surface area contributed by atoms with Crippen molar-refractivity contribution in [3.8, 4) is 0 Å². The van der Waals surface area contributed by atoms with Gasteiger partial charge in [-0.15, -0.1) is 22.7 Å². The van der Waals surface area contributed by atoms with Gasteiger partial charge in [-0.05, 0) is 47.2 Å². The third-order valence-electron chi connectivity index (χ3n) is 2.96. The first-order chi connectivity index (χ1) is 10.4. The van der Waals surface area contributed by atoms with Gasteiger partial charge in [-0.3, -0.25) is 0 Å². The lowest BCUT2D eigenvalue weighted by Gasteiger charge is -2.05. The fourth-order valence-corrected chi connectivity index (χ4v) is 6.65. The molecule has 0 fully saturated rings. The molecule has 3 aromatic rings. The molecule has 4 nitrogen and oxygen atoms in total. The van der Waals surface area contributed by atoms with E-state index < -0.39 is 19.7 Å². The van der Waals surface area contributed by atoms with Gasteiger partial charge < -0.3 is 0 Å². The molecule has 8 heteroatoms. The Morgan fingerprint density at radius 1 is 0.591 bits per heavy atom. The highest BCUT2D eigenvalue weighted by atomic mass is 32.2. The zero-order chi connectivity index (χ0) is 15.8. The molecule has 0 spiro atoms. The number of hydrogen-bond donors (Lipinski definition) is 0. The summed E-state index contributed by atoms with van der Waals surface area (Å²) in [5.41, 5.74) is 0. The summed E-state index contributed by atoms with van der Waals surface area (Å²) < 4.78 is 49.9. The van der Waals surface area contributed by atoms with Crippen LogP contribution in [0.2, 0.25) is 0 Å². The smallest absolute Gasteiger partial charge is 0.215 e. The van der Waals surface area contributed by atoms with Crippen molar-refractivity contribution >= 4 is 42.3 Å². The number of rotatable bonds is 4. The third-order valence-corrected chi connectivity index (χ3v) is 9.30. The third kappa shape index (κ3) is 2.63. The molecule has 1 aromatic carbocycles. The van der Waals surface area contributed by atoms with Crippen LogP contribution in [0, 0.1) is 0 Å². The molecule has 0 aliphatic carbocycles. The van der Waals surface area contributed by atoms with Crippen molar-refractivity contribution in [1.29, 1.82) is 0 Å². The van der Waals surface area contributed by atoms with Gasteiger partial charge in [0.05, 0.1) is 9.79 Å². The Morgan fingerprint density at radius 2 is 0.955 bits per heavy atom. The van der Waals surface area contributed by atoms with Gasteiger partial charge >= 0.3 is 0 Å². The van der Waals surface area contributed by atoms with Gasteiger partial charge in [0, 0.05) is 0 Å². The summed E-state index contributed by atoms with van der Waals surface area (Å²) in [5.74, 6) is 0. The lowest BCUT2D eigenvalue weighted by atomic mass is 10.4. The summed E-state index contributed by atoms with van der Waals surface area (Å²) in [6.45, 7) is 0. The van der Waals surface area contributed by atoms with Gasteiger partial charge in [0.2, 0.25) is 19.7 Å². The minimum Gasteiger partial charge on any atom is -0.218 e. The average Bonchev–Trinajstić information content (AvgIpc) is 3.20. The van der Waals surface area contributed by atoms with Gasteiger partial charge in [0.15, 0.2) is 0 Å². The first-order valence-electron chi connectivity index (χ1n) is 6.09. The fraction of sp³-hybridized carbons (Fsp3) is 0. The van der Waals surface area contributed by atoms with E-state index in [1.165, 1.54) is 36.4 Å². The molecule has 2 aromatic heterocycles. The molecule has 0 saturated heterocycles. The molecule has 2 heterocycles. The van der Waals surface area contributed by atoms with Gasteiger partial charge in [-0.25, -0.2) is 16.8 Å². The molecule has 0 amide bonds. The van der Waals surface area contributed by atoms with Crippen molar-refractivity contribution in [2.75, 3.05) is 0 Å². The molecule has 0 aliphatic rings. The highest BCUT2D eigenvalue weighted by molar-refractivity contribution is 7.94. The molecular formula is C14H10O4S4. The largest absolute Gasteiger partial charge is 0.218 e. The summed E-state index contributed by atoms with van der Waals surface area (Å²) in [7, 11) is -7.17. The van der Waals surface area contributed by atoms with E-state index in [-0.39, 0.29) is 18.2 Å². The molecule has 0 N–H and O–H groups in total. The standard InChI is InChI=1S/C14H10O4S4/c15-21(16,13-3-1-9-19-13)11-5-7-12(8-6-11)22(17,18)14-4-2-10-20-14/h1-10H. The zero-order valence-electron chi connectivity index (χ0n) is 11.0. The summed E-state index contributed by atoms with van der Waals surface area (Å²) in [4.78, 5) is 0.167. The first-order valence-corrected chi connectivity index (χ1v) is 10.8. The minimum atomic E-state index is -3.59. The van der Waals surface area contributed by atoms with Crippen LogP contribution in [0.25, 0.3) is 0 Å². The second kappa shape index (κ2) is 5.62. The number of benzene rings is 1. The quantitative estimate of drug-likeness (QED) is 0.705. The lowest BCUT2D eigenvalue weighted by Crippen LogP contribution is -2.02. The molecule has 22 heavy (non-hydrogen) atoms. The zero-order valence-corrected chi connectivity index (χ0v) is 14.3. The molecule has 0 radical (unpaired) electrons. The van der Waals surface area contributed by atoms with Crippen LogP contribution in [-0.4, -0.2) is 16.8 Å². The molecule has 114 valence electrons. The first kappa shape index (κ1) is 15.4. The van der Waals surface area contributed by atoms with Crippen LogP contribution in [0.1, 0.15) is 0 Å². The number of thiophene rings is 2. The Kier molecular flexibility index (Phi) is 3.94. The maximum absolute atomic E-state index is 12.3. The monoisotopic (exact) mass is 370 g/mol. The molecule has 0 bridgehead atoms. The average molecular weight is 370 g/mol. The summed E-state index contributed by atoms with van der Waals surface area (Å²) in [6.07, 6.45) is 0.